The third kappa shape index (κ3) is 2.20. The highest BCUT2D eigenvalue weighted by molar-refractivity contribution is 5.73. The maximum atomic E-state index is 13.0. The van der Waals surface area contributed by atoms with E-state index in [1.54, 1.807) is 12.3 Å². The van der Waals surface area contributed by atoms with Crippen LogP contribution in [0.15, 0.2) is 54.7 Å². The summed E-state index contributed by atoms with van der Waals surface area (Å²) < 4.78 is 13.0. The zero-order valence-corrected chi connectivity index (χ0v) is 10.1. The number of imidazole rings is 1. The second kappa shape index (κ2) is 4.57. The van der Waals surface area contributed by atoms with Gasteiger partial charge >= 0.3 is 0 Å². The van der Waals surface area contributed by atoms with E-state index in [0.29, 0.717) is 17.1 Å². The molecular formula is C15H12FN3. The van der Waals surface area contributed by atoms with Gasteiger partial charge in [0, 0.05) is 11.3 Å². The molecule has 3 aromatic rings. The smallest absolute Gasteiger partial charge is 0.139 e. The number of hydrogen-bond acceptors (Lipinski definition) is 2. The van der Waals surface area contributed by atoms with Crippen molar-refractivity contribution in [1.29, 1.82) is 0 Å². The summed E-state index contributed by atoms with van der Waals surface area (Å²) in [6.07, 6.45) is 1.74. The summed E-state index contributed by atoms with van der Waals surface area (Å²) in [6, 6.07) is 14.1. The summed E-state index contributed by atoms with van der Waals surface area (Å²) >= 11 is 0. The number of nitrogen functional groups attached to an aromatic ring is 1. The number of nitrogens with two attached hydrogens (primary N) is 1. The standard InChI is InChI=1S/C15H12FN3/c16-11-6-7-12(13(17)8-11)15-18-9-14(19-15)10-4-2-1-3-5-10/h1-9H,17H2,(H,18,19). The van der Waals surface area contributed by atoms with Gasteiger partial charge in [-0.3, -0.25) is 0 Å². The van der Waals surface area contributed by atoms with Crippen molar-refractivity contribution in [2.75, 3.05) is 5.73 Å². The molecule has 3 N–H and O–H groups in total. The van der Waals surface area contributed by atoms with Crippen LogP contribution in [-0.2, 0) is 0 Å². The Kier molecular flexibility index (Phi) is 2.76. The van der Waals surface area contributed by atoms with Gasteiger partial charge in [0.1, 0.15) is 11.6 Å². The third-order valence-electron chi connectivity index (χ3n) is 2.93. The summed E-state index contributed by atoms with van der Waals surface area (Å²) in [4.78, 5) is 7.49. The molecule has 0 atom stereocenters. The summed E-state index contributed by atoms with van der Waals surface area (Å²) in [5.74, 6) is 0.285. The highest BCUT2D eigenvalue weighted by Gasteiger charge is 2.08. The number of rotatable bonds is 2. The van der Waals surface area contributed by atoms with Gasteiger partial charge in [-0.25, -0.2) is 9.37 Å². The van der Waals surface area contributed by atoms with Gasteiger partial charge < -0.3 is 10.7 Å². The van der Waals surface area contributed by atoms with Crippen LogP contribution < -0.4 is 5.73 Å². The summed E-state index contributed by atoms with van der Waals surface area (Å²) in [5.41, 5.74) is 8.81. The first-order valence-electron chi connectivity index (χ1n) is 5.90. The number of H-pyrrole nitrogens is 1. The van der Waals surface area contributed by atoms with E-state index in [1.807, 2.05) is 30.3 Å². The molecule has 0 fully saturated rings. The van der Waals surface area contributed by atoms with Crippen LogP contribution in [0.1, 0.15) is 0 Å². The molecule has 4 heteroatoms. The van der Waals surface area contributed by atoms with Crippen LogP contribution in [0.5, 0.6) is 0 Å². The summed E-state index contributed by atoms with van der Waals surface area (Å²) in [6.45, 7) is 0. The minimum absolute atomic E-state index is 0.351. The zero-order valence-electron chi connectivity index (χ0n) is 10.1. The van der Waals surface area contributed by atoms with E-state index in [9.17, 15) is 4.39 Å². The first-order valence-corrected chi connectivity index (χ1v) is 5.90. The van der Waals surface area contributed by atoms with Crippen LogP contribution in [0, 0.1) is 5.82 Å². The summed E-state index contributed by atoms with van der Waals surface area (Å²) in [7, 11) is 0. The molecule has 3 nitrogen and oxygen atoms in total. The molecular weight excluding hydrogens is 241 g/mol. The van der Waals surface area contributed by atoms with E-state index < -0.39 is 0 Å². The molecule has 1 heterocycles. The Morgan fingerprint density at radius 2 is 1.84 bits per heavy atom. The molecule has 0 aliphatic rings. The number of benzene rings is 2. The highest BCUT2D eigenvalue weighted by Crippen LogP contribution is 2.26. The topological polar surface area (TPSA) is 54.7 Å². The van der Waals surface area contributed by atoms with Crippen molar-refractivity contribution in [3.05, 3.63) is 60.5 Å². The quantitative estimate of drug-likeness (QED) is 0.687. The van der Waals surface area contributed by atoms with Crippen LogP contribution in [0.4, 0.5) is 10.1 Å². The lowest BCUT2D eigenvalue weighted by molar-refractivity contribution is 0.628. The molecule has 0 unspecified atom stereocenters. The van der Waals surface area contributed by atoms with E-state index in [1.165, 1.54) is 12.1 Å². The molecule has 0 spiro atoms. The van der Waals surface area contributed by atoms with Gasteiger partial charge in [-0.2, -0.15) is 0 Å². The van der Waals surface area contributed by atoms with E-state index in [0.717, 1.165) is 11.3 Å². The van der Waals surface area contributed by atoms with E-state index >= 15 is 0 Å². The Bertz CT molecular complexity index is 704. The molecule has 2 aromatic carbocycles. The van der Waals surface area contributed by atoms with Crippen molar-refractivity contribution in [3.63, 3.8) is 0 Å². The predicted molar refractivity (Wildman–Crippen MR) is 73.8 cm³/mol. The van der Waals surface area contributed by atoms with E-state index in [-0.39, 0.29) is 5.82 Å². The Morgan fingerprint density at radius 1 is 1.05 bits per heavy atom. The first-order chi connectivity index (χ1) is 9.24. The van der Waals surface area contributed by atoms with Gasteiger partial charge in [0.15, 0.2) is 0 Å². The second-order valence-electron chi connectivity index (χ2n) is 4.24. The Hall–Kier alpha value is -2.62. The number of anilines is 1. The van der Waals surface area contributed by atoms with Crippen molar-refractivity contribution in [3.8, 4) is 22.6 Å². The van der Waals surface area contributed by atoms with Crippen LogP contribution >= 0.6 is 0 Å². The van der Waals surface area contributed by atoms with Crippen LogP contribution in [0.25, 0.3) is 22.6 Å². The van der Waals surface area contributed by atoms with Crippen molar-refractivity contribution in [2.24, 2.45) is 0 Å². The Labute approximate surface area is 109 Å². The maximum Gasteiger partial charge on any atom is 0.139 e. The fourth-order valence-corrected chi connectivity index (χ4v) is 1.97. The number of halogens is 1. The molecule has 0 radical (unpaired) electrons. The van der Waals surface area contributed by atoms with Crippen LogP contribution in [0.2, 0.25) is 0 Å². The molecule has 0 aliphatic heterocycles. The average molecular weight is 253 g/mol. The van der Waals surface area contributed by atoms with Gasteiger partial charge in [0.05, 0.1) is 11.9 Å². The Morgan fingerprint density at radius 3 is 2.58 bits per heavy atom. The molecule has 0 amide bonds. The Balaban J connectivity index is 2.02. The van der Waals surface area contributed by atoms with Gasteiger partial charge in [-0.15, -0.1) is 0 Å². The van der Waals surface area contributed by atoms with Crippen LogP contribution in [0.3, 0.4) is 0 Å². The largest absolute Gasteiger partial charge is 0.398 e. The van der Waals surface area contributed by atoms with Gasteiger partial charge in [-0.1, -0.05) is 30.3 Å². The minimum atomic E-state index is -0.351. The first kappa shape index (κ1) is 11.5. The van der Waals surface area contributed by atoms with Crippen molar-refractivity contribution in [1.82, 2.24) is 9.97 Å². The lowest BCUT2D eigenvalue weighted by Crippen LogP contribution is -1.92. The average Bonchev–Trinajstić information content (AvgIpc) is 2.89. The number of aromatic amines is 1. The van der Waals surface area contributed by atoms with Crippen molar-refractivity contribution in [2.45, 2.75) is 0 Å². The lowest BCUT2D eigenvalue weighted by Gasteiger charge is -2.02. The molecule has 0 saturated carbocycles. The monoisotopic (exact) mass is 253 g/mol. The molecule has 0 aliphatic carbocycles. The molecule has 0 saturated heterocycles. The fourth-order valence-electron chi connectivity index (χ4n) is 1.97. The molecule has 3 rings (SSSR count). The normalized spacial score (nSPS) is 10.6. The molecule has 94 valence electrons. The molecule has 0 bridgehead atoms. The van der Waals surface area contributed by atoms with E-state index in [2.05, 4.69) is 9.97 Å². The number of hydrogen-bond donors (Lipinski definition) is 2. The van der Waals surface area contributed by atoms with Crippen LogP contribution in [-0.4, -0.2) is 9.97 Å². The fraction of sp³-hybridized carbons (Fsp3) is 0. The third-order valence-corrected chi connectivity index (χ3v) is 2.93. The summed E-state index contributed by atoms with van der Waals surface area (Å²) in [5, 5.41) is 0. The minimum Gasteiger partial charge on any atom is -0.398 e. The van der Waals surface area contributed by atoms with Crippen molar-refractivity contribution < 1.29 is 4.39 Å². The number of nitrogens with zero attached hydrogens (tertiary/aromatic N) is 1. The van der Waals surface area contributed by atoms with E-state index in [4.69, 9.17) is 5.73 Å². The zero-order chi connectivity index (χ0) is 13.2. The number of nitrogens with one attached hydrogen (secondary N) is 1. The van der Waals surface area contributed by atoms with Gasteiger partial charge in [-0.05, 0) is 23.8 Å². The maximum absolute atomic E-state index is 13.0. The molecule has 1 aromatic heterocycles. The predicted octanol–water partition coefficient (Wildman–Crippen LogP) is 3.47. The highest BCUT2D eigenvalue weighted by atomic mass is 19.1. The second-order valence-corrected chi connectivity index (χ2v) is 4.24. The molecule has 19 heavy (non-hydrogen) atoms. The lowest BCUT2D eigenvalue weighted by atomic mass is 10.1. The van der Waals surface area contributed by atoms with Gasteiger partial charge in [0.25, 0.3) is 0 Å². The SMILES string of the molecule is Nc1cc(F)ccc1-c1ncc(-c2ccccc2)[nH]1. The van der Waals surface area contributed by atoms with Crippen molar-refractivity contribution >= 4 is 5.69 Å². The number of aromatic nitrogens is 2. The van der Waals surface area contributed by atoms with Gasteiger partial charge in [0.2, 0.25) is 0 Å².